The Balaban J connectivity index is 2.20. The maximum Gasteiger partial charge on any atom is 0.251 e. The van der Waals surface area contributed by atoms with Gasteiger partial charge in [0.2, 0.25) is 10.0 Å². The van der Waals surface area contributed by atoms with Crippen LogP contribution in [0.4, 0.5) is 0 Å². The smallest absolute Gasteiger partial charge is 0.251 e. The van der Waals surface area contributed by atoms with Gasteiger partial charge in [-0.2, -0.15) is 0 Å². The summed E-state index contributed by atoms with van der Waals surface area (Å²) in [4.78, 5) is 16.6. The first-order valence-electron chi connectivity index (χ1n) is 6.57. The molecular weight excluding hydrogens is 322 g/mol. The average molecular weight is 339 g/mol. The number of hydrogen-bond acceptors (Lipinski definition) is 5. The summed E-state index contributed by atoms with van der Waals surface area (Å²) in [7, 11) is -2.24. The van der Waals surface area contributed by atoms with E-state index in [9.17, 15) is 13.2 Å². The second-order valence-corrected chi connectivity index (χ2v) is 7.58. The van der Waals surface area contributed by atoms with Gasteiger partial charge >= 0.3 is 0 Å². The van der Waals surface area contributed by atoms with Crippen LogP contribution in [-0.2, 0) is 16.6 Å². The van der Waals surface area contributed by atoms with Gasteiger partial charge in [-0.15, -0.1) is 11.3 Å². The minimum Gasteiger partial charge on any atom is -0.346 e. The van der Waals surface area contributed by atoms with Crippen LogP contribution < -0.4 is 10.0 Å². The summed E-state index contributed by atoms with van der Waals surface area (Å²) in [5, 5.41) is 5.48. The lowest BCUT2D eigenvalue weighted by Crippen LogP contribution is -2.25. The molecule has 0 spiro atoms. The fourth-order valence-electron chi connectivity index (χ4n) is 1.87. The highest BCUT2D eigenvalue weighted by atomic mass is 32.2. The van der Waals surface area contributed by atoms with Crippen molar-refractivity contribution in [3.63, 3.8) is 0 Å². The number of carbonyl (C=O) groups is 1. The molecule has 8 heteroatoms. The summed E-state index contributed by atoms with van der Waals surface area (Å²) in [5.41, 5.74) is 1.96. The van der Waals surface area contributed by atoms with Crippen LogP contribution in [0.25, 0.3) is 0 Å². The van der Waals surface area contributed by atoms with Crippen molar-refractivity contribution in [2.24, 2.45) is 0 Å². The first kappa shape index (κ1) is 16.6. The van der Waals surface area contributed by atoms with Crippen molar-refractivity contribution in [2.45, 2.75) is 25.3 Å². The minimum atomic E-state index is -3.58. The average Bonchev–Trinajstić information content (AvgIpc) is 2.90. The molecule has 0 atom stereocenters. The van der Waals surface area contributed by atoms with Crippen LogP contribution in [0.15, 0.2) is 28.5 Å². The predicted octanol–water partition coefficient (Wildman–Crippen LogP) is 1.60. The lowest BCUT2D eigenvalue weighted by Gasteiger charge is -2.09. The van der Waals surface area contributed by atoms with Crippen LogP contribution in [0, 0.1) is 13.8 Å². The molecule has 2 N–H and O–H groups in total. The van der Waals surface area contributed by atoms with Crippen LogP contribution in [0.1, 0.15) is 26.6 Å². The number of rotatable bonds is 5. The molecule has 0 saturated carbocycles. The molecule has 0 aliphatic carbocycles. The highest BCUT2D eigenvalue weighted by Crippen LogP contribution is 2.16. The van der Waals surface area contributed by atoms with E-state index in [0.717, 1.165) is 10.7 Å². The Bertz CT molecular complexity index is 797. The fraction of sp³-hybridized carbons (Fsp3) is 0.286. The zero-order valence-corrected chi connectivity index (χ0v) is 14.1. The molecule has 118 valence electrons. The number of aryl methyl sites for hydroxylation is 2. The Labute approximate surface area is 133 Å². The minimum absolute atomic E-state index is 0.0656. The van der Waals surface area contributed by atoms with Gasteiger partial charge < -0.3 is 5.32 Å². The lowest BCUT2D eigenvalue weighted by atomic mass is 10.1. The second-order valence-electron chi connectivity index (χ2n) is 4.75. The Kier molecular flexibility index (Phi) is 4.94. The standard InChI is InChI=1S/C14H17N3O3S2/c1-9-4-5-11(22(19,20)15-3)6-12(9)14(18)16-7-13-17-10(2)8-21-13/h4-6,8,15H,7H2,1-3H3,(H,16,18). The molecule has 0 bridgehead atoms. The van der Waals surface area contributed by atoms with E-state index in [2.05, 4.69) is 15.0 Å². The van der Waals surface area contributed by atoms with Gasteiger partial charge in [-0.25, -0.2) is 18.1 Å². The normalized spacial score (nSPS) is 11.4. The van der Waals surface area contributed by atoms with Crippen LogP contribution in [-0.4, -0.2) is 26.4 Å². The fourth-order valence-corrected chi connectivity index (χ4v) is 3.33. The van der Waals surface area contributed by atoms with E-state index in [1.165, 1.54) is 30.5 Å². The van der Waals surface area contributed by atoms with Crippen LogP contribution in [0.5, 0.6) is 0 Å². The van der Waals surface area contributed by atoms with E-state index < -0.39 is 10.0 Å². The van der Waals surface area contributed by atoms with Crippen molar-refractivity contribution >= 4 is 27.3 Å². The third-order valence-corrected chi connectivity index (χ3v) is 5.48. The number of carbonyl (C=O) groups excluding carboxylic acids is 1. The first-order valence-corrected chi connectivity index (χ1v) is 8.93. The monoisotopic (exact) mass is 339 g/mol. The number of nitrogens with zero attached hydrogens (tertiary/aromatic N) is 1. The van der Waals surface area contributed by atoms with Crippen LogP contribution in [0.3, 0.4) is 0 Å². The second kappa shape index (κ2) is 6.55. The maximum atomic E-state index is 12.3. The number of nitrogens with one attached hydrogen (secondary N) is 2. The van der Waals surface area contributed by atoms with Gasteiger partial charge in [0.25, 0.3) is 5.91 Å². The topological polar surface area (TPSA) is 88.2 Å². The Morgan fingerprint density at radius 1 is 1.32 bits per heavy atom. The Morgan fingerprint density at radius 3 is 2.64 bits per heavy atom. The molecule has 0 aliphatic rings. The summed E-state index contributed by atoms with van der Waals surface area (Å²) >= 11 is 1.47. The Morgan fingerprint density at radius 2 is 2.05 bits per heavy atom. The zero-order chi connectivity index (χ0) is 16.3. The van der Waals surface area contributed by atoms with Crippen molar-refractivity contribution in [2.75, 3.05) is 7.05 Å². The first-order chi connectivity index (χ1) is 10.3. The van der Waals surface area contributed by atoms with Gasteiger partial charge in [-0.3, -0.25) is 4.79 Å². The number of amides is 1. The SMILES string of the molecule is CNS(=O)(=O)c1ccc(C)c(C(=O)NCc2nc(C)cs2)c1. The maximum absolute atomic E-state index is 12.3. The van der Waals surface area contributed by atoms with Gasteiger partial charge in [-0.1, -0.05) is 6.07 Å². The predicted molar refractivity (Wildman–Crippen MR) is 85.4 cm³/mol. The zero-order valence-electron chi connectivity index (χ0n) is 12.5. The van der Waals surface area contributed by atoms with E-state index in [1.54, 1.807) is 13.0 Å². The number of benzene rings is 1. The largest absolute Gasteiger partial charge is 0.346 e. The van der Waals surface area contributed by atoms with Gasteiger partial charge in [0.1, 0.15) is 5.01 Å². The molecule has 0 aliphatic heterocycles. The summed E-state index contributed by atoms with van der Waals surface area (Å²) < 4.78 is 25.9. The number of hydrogen-bond donors (Lipinski definition) is 2. The molecule has 1 aromatic heterocycles. The molecule has 2 aromatic rings. The van der Waals surface area contributed by atoms with E-state index >= 15 is 0 Å². The van der Waals surface area contributed by atoms with Crippen molar-refractivity contribution in [3.05, 3.63) is 45.4 Å². The van der Waals surface area contributed by atoms with Crippen molar-refractivity contribution in [1.82, 2.24) is 15.0 Å². The summed E-state index contributed by atoms with van der Waals surface area (Å²) in [6.45, 7) is 3.97. The molecular formula is C14H17N3O3S2. The molecule has 1 heterocycles. The molecule has 0 saturated heterocycles. The molecule has 22 heavy (non-hydrogen) atoms. The lowest BCUT2D eigenvalue weighted by molar-refractivity contribution is 0.0950. The third kappa shape index (κ3) is 3.70. The van der Waals surface area contributed by atoms with Gasteiger partial charge in [0.05, 0.1) is 11.4 Å². The highest BCUT2D eigenvalue weighted by Gasteiger charge is 2.16. The summed E-state index contributed by atoms with van der Waals surface area (Å²) in [5.74, 6) is -0.321. The van der Waals surface area contributed by atoms with Crippen molar-refractivity contribution in [3.8, 4) is 0 Å². The van der Waals surface area contributed by atoms with E-state index in [1.807, 2.05) is 12.3 Å². The summed E-state index contributed by atoms with van der Waals surface area (Å²) in [6.07, 6.45) is 0. The molecule has 2 rings (SSSR count). The van der Waals surface area contributed by atoms with E-state index in [0.29, 0.717) is 17.7 Å². The quantitative estimate of drug-likeness (QED) is 0.866. The van der Waals surface area contributed by atoms with Gasteiger partial charge in [0, 0.05) is 16.6 Å². The molecule has 0 unspecified atom stereocenters. The van der Waals surface area contributed by atoms with Crippen molar-refractivity contribution < 1.29 is 13.2 Å². The number of thiazole rings is 1. The third-order valence-electron chi connectivity index (χ3n) is 3.10. The number of sulfonamides is 1. The van der Waals surface area contributed by atoms with E-state index in [4.69, 9.17) is 0 Å². The molecule has 6 nitrogen and oxygen atoms in total. The highest BCUT2D eigenvalue weighted by molar-refractivity contribution is 7.89. The van der Waals surface area contributed by atoms with Crippen molar-refractivity contribution in [1.29, 1.82) is 0 Å². The van der Waals surface area contributed by atoms with Crippen LogP contribution in [0.2, 0.25) is 0 Å². The summed E-state index contributed by atoms with van der Waals surface area (Å²) in [6, 6.07) is 4.47. The molecule has 0 fully saturated rings. The van der Waals surface area contributed by atoms with E-state index in [-0.39, 0.29) is 10.8 Å². The molecule has 1 aromatic carbocycles. The Hall–Kier alpha value is -1.77. The number of aromatic nitrogens is 1. The molecule has 0 radical (unpaired) electrons. The van der Waals surface area contributed by atoms with Crippen LogP contribution >= 0.6 is 11.3 Å². The van der Waals surface area contributed by atoms with Gasteiger partial charge in [-0.05, 0) is 38.6 Å². The van der Waals surface area contributed by atoms with Gasteiger partial charge in [0.15, 0.2) is 0 Å². The molecule has 1 amide bonds.